The van der Waals surface area contributed by atoms with Gasteiger partial charge in [-0.05, 0) is 35.4 Å². The van der Waals surface area contributed by atoms with Gasteiger partial charge in [0.15, 0.2) is 0 Å². The minimum absolute atomic E-state index is 0.246. The quantitative estimate of drug-likeness (QED) is 0.631. The zero-order valence-corrected chi connectivity index (χ0v) is 12.4. The minimum Gasteiger partial charge on any atom is -0.460 e. The molecule has 2 aromatic rings. The van der Waals surface area contributed by atoms with Crippen molar-refractivity contribution in [3.63, 3.8) is 0 Å². The molecule has 116 valence electrons. The van der Waals surface area contributed by atoms with Crippen LogP contribution in [0.2, 0.25) is 0 Å². The Morgan fingerprint density at radius 3 is 2.05 bits per heavy atom. The van der Waals surface area contributed by atoms with Gasteiger partial charge < -0.3 is 15.6 Å². The highest BCUT2D eigenvalue weighted by Crippen LogP contribution is 2.19. The lowest BCUT2D eigenvalue weighted by atomic mass is 10.1. The van der Waals surface area contributed by atoms with Gasteiger partial charge in [0.2, 0.25) is 6.36 Å². The number of aliphatic hydroxyl groups is 1. The van der Waals surface area contributed by atoms with Gasteiger partial charge >= 0.3 is 0 Å². The van der Waals surface area contributed by atoms with Crippen LogP contribution in [0.1, 0.15) is 18.1 Å². The molecule has 0 aromatic heterocycles. The number of benzene rings is 2. The van der Waals surface area contributed by atoms with E-state index in [0.29, 0.717) is 5.75 Å². The molecule has 22 heavy (non-hydrogen) atoms. The summed E-state index contributed by atoms with van der Waals surface area (Å²) < 4.78 is 18.7. The van der Waals surface area contributed by atoms with Crippen LogP contribution in [0.5, 0.6) is 5.75 Å². The fraction of sp³-hybridized carbons (Fsp3) is 0.222. The Labute approximate surface area is 129 Å². The second-order valence-electron chi connectivity index (χ2n) is 5.20. The highest BCUT2D eigenvalue weighted by molar-refractivity contribution is 5.70. The molecule has 3 nitrogen and oxygen atoms in total. The summed E-state index contributed by atoms with van der Waals surface area (Å²) in [6, 6.07) is 14.7. The molecule has 3 N–H and O–H groups in total. The first-order valence-electron chi connectivity index (χ1n) is 7.14. The largest absolute Gasteiger partial charge is 0.460 e. The summed E-state index contributed by atoms with van der Waals surface area (Å²) >= 11 is 0. The Hall–Kier alpha value is -2.33. The summed E-state index contributed by atoms with van der Waals surface area (Å²) in [5.41, 5.74) is 8.40. The first-order chi connectivity index (χ1) is 10.6. The van der Waals surface area contributed by atoms with Crippen molar-refractivity contribution in [3.05, 3.63) is 59.7 Å². The maximum absolute atomic E-state index is 13.6. The van der Waals surface area contributed by atoms with Crippen molar-refractivity contribution in [2.75, 3.05) is 12.3 Å². The molecule has 0 fully saturated rings. The van der Waals surface area contributed by atoms with Crippen LogP contribution in [0.4, 0.5) is 10.1 Å². The van der Waals surface area contributed by atoms with Crippen LogP contribution in [0, 0.1) is 5.92 Å². The Kier molecular flexibility index (Phi) is 5.55. The molecule has 0 aliphatic rings. The third kappa shape index (κ3) is 4.60. The molecule has 2 rings (SSSR count). The van der Waals surface area contributed by atoms with E-state index < -0.39 is 12.3 Å². The number of nitrogen functional groups attached to an aromatic ring is 1. The number of hydrogen-bond donors (Lipinski definition) is 2. The number of hydrogen-bond acceptors (Lipinski definition) is 3. The van der Waals surface area contributed by atoms with Crippen LogP contribution < -0.4 is 10.5 Å². The van der Waals surface area contributed by atoms with Crippen molar-refractivity contribution in [3.8, 4) is 5.75 Å². The average molecular weight is 301 g/mol. The van der Waals surface area contributed by atoms with Crippen LogP contribution in [-0.2, 0) is 0 Å². The Bertz CT molecular complexity index is 608. The second-order valence-corrected chi connectivity index (χ2v) is 5.20. The van der Waals surface area contributed by atoms with Crippen LogP contribution in [0.3, 0.4) is 0 Å². The molecule has 0 aliphatic carbocycles. The Morgan fingerprint density at radius 2 is 1.55 bits per heavy atom. The van der Waals surface area contributed by atoms with Crippen LogP contribution in [0.25, 0.3) is 12.2 Å². The van der Waals surface area contributed by atoms with Crippen molar-refractivity contribution >= 4 is 17.8 Å². The number of nitrogens with two attached hydrogens (primary N) is 1. The van der Waals surface area contributed by atoms with E-state index in [-0.39, 0.29) is 6.61 Å². The Morgan fingerprint density at radius 1 is 1.05 bits per heavy atom. The first kappa shape index (κ1) is 16.0. The standard InChI is InChI=1S/C18H20FNO2/c1-13(12-21)18(19)22-17-10-6-15(7-11-17)3-2-14-4-8-16(20)9-5-14/h2-11,13,18,21H,12,20H2,1H3. The van der Waals surface area contributed by atoms with Crippen molar-refractivity contribution in [1.29, 1.82) is 0 Å². The molecule has 0 spiro atoms. The second kappa shape index (κ2) is 7.61. The van der Waals surface area contributed by atoms with Crippen molar-refractivity contribution in [2.45, 2.75) is 13.3 Å². The van der Waals surface area contributed by atoms with Gasteiger partial charge in [0.05, 0.1) is 6.61 Å². The van der Waals surface area contributed by atoms with Gasteiger partial charge in [-0.1, -0.05) is 43.3 Å². The van der Waals surface area contributed by atoms with Crippen LogP contribution in [-0.4, -0.2) is 18.1 Å². The number of alkyl halides is 1. The highest BCUT2D eigenvalue weighted by atomic mass is 19.1. The molecule has 0 radical (unpaired) electrons. The normalized spacial score (nSPS) is 14.0. The monoisotopic (exact) mass is 301 g/mol. The summed E-state index contributed by atoms with van der Waals surface area (Å²) in [5.74, 6) is -0.109. The van der Waals surface area contributed by atoms with Gasteiger partial charge in [0.25, 0.3) is 0 Å². The minimum atomic E-state index is -1.51. The summed E-state index contributed by atoms with van der Waals surface area (Å²) in [7, 11) is 0. The molecule has 0 heterocycles. The molecule has 2 unspecified atom stereocenters. The molecule has 0 aliphatic heterocycles. The van der Waals surface area contributed by atoms with Gasteiger partial charge in [-0.2, -0.15) is 0 Å². The lowest BCUT2D eigenvalue weighted by Crippen LogP contribution is -2.22. The lowest BCUT2D eigenvalue weighted by molar-refractivity contribution is -0.00281. The molecular weight excluding hydrogens is 281 g/mol. The predicted molar refractivity (Wildman–Crippen MR) is 88.0 cm³/mol. The lowest BCUT2D eigenvalue weighted by Gasteiger charge is -2.16. The van der Waals surface area contributed by atoms with E-state index in [1.54, 1.807) is 19.1 Å². The molecule has 0 bridgehead atoms. The summed E-state index contributed by atoms with van der Waals surface area (Å²) in [4.78, 5) is 0. The first-order valence-corrected chi connectivity index (χ1v) is 7.14. The summed E-state index contributed by atoms with van der Waals surface area (Å²) in [6.07, 6.45) is 2.42. The molecular formula is C18H20FNO2. The van der Waals surface area contributed by atoms with E-state index in [9.17, 15) is 4.39 Å². The molecule has 2 aromatic carbocycles. The molecule has 0 saturated heterocycles. The zero-order chi connectivity index (χ0) is 15.9. The Balaban J connectivity index is 1.98. The van der Waals surface area contributed by atoms with Gasteiger partial charge in [-0.15, -0.1) is 0 Å². The van der Waals surface area contributed by atoms with E-state index in [2.05, 4.69) is 0 Å². The van der Waals surface area contributed by atoms with E-state index in [1.807, 2.05) is 48.6 Å². The van der Waals surface area contributed by atoms with Crippen molar-refractivity contribution in [1.82, 2.24) is 0 Å². The number of halogens is 1. The van der Waals surface area contributed by atoms with Crippen LogP contribution in [0.15, 0.2) is 48.5 Å². The number of ether oxygens (including phenoxy) is 1. The van der Waals surface area contributed by atoms with Crippen LogP contribution >= 0.6 is 0 Å². The maximum Gasteiger partial charge on any atom is 0.243 e. The van der Waals surface area contributed by atoms with Gasteiger partial charge in [-0.3, -0.25) is 0 Å². The smallest absolute Gasteiger partial charge is 0.243 e. The summed E-state index contributed by atoms with van der Waals surface area (Å²) in [5, 5.41) is 8.89. The summed E-state index contributed by atoms with van der Waals surface area (Å²) in [6.45, 7) is 1.35. The fourth-order valence-electron chi connectivity index (χ4n) is 1.79. The fourth-order valence-corrected chi connectivity index (χ4v) is 1.79. The molecule has 4 heteroatoms. The third-order valence-corrected chi connectivity index (χ3v) is 3.27. The molecule has 0 amide bonds. The number of anilines is 1. The molecule has 0 saturated carbocycles. The molecule has 2 atom stereocenters. The van der Waals surface area contributed by atoms with Gasteiger partial charge in [-0.25, -0.2) is 4.39 Å². The third-order valence-electron chi connectivity index (χ3n) is 3.27. The topological polar surface area (TPSA) is 55.5 Å². The van der Waals surface area contributed by atoms with E-state index in [4.69, 9.17) is 15.6 Å². The van der Waals surface area contributed by atoms with Gasteiger partial charge in [0.1, 0.15) is 5.75 Å². The highest BCUT2D eigenvalue weighted by Gasteiger charge is 2.16. The zero-order valence-electron chi connectivity index (χ0n) is 12.4. The van der Waals surface area contributed by atoms with Gasteiger partial charge in [0, 0.05) is 11.6 Å². The van der Waals surface area contributed by atoms with E-state index >= 15 is 0 Å². The number of rotatable bonds is 6. The van der Waals surface area contributed by atoms with Crippen molar-refractivity contribution in [2.24, 2.45) is 5.92 Å². The average Bonchev–Trinajstić information content (AvgIpc) is 2.55. The van der Waals surface area contributed by atoms with E-state index in [0.717, 1.165) is 16.8 Å². The number of aliphatic hydroxyl groups excluding tert-OH is 1. The van der Waals surface area contributed by atoms with E-state index in [1.165, 1.54) is 0 Å². The SMILES string of the molecule is CC(CO)C(F)Oc1ccc(C=Cc2ccc(N)cc2)cc1. The maximum atomic E-state index is 13.6. The van der Waals surface area contributed by atoms with Crippen molar-refractivity contribution < 1.29 is 14.2 Å². The predicted octanol–water partition coefficient (Wildman–Crippen LogP) is 3.74.